The monoisotopic (exact) mass is 406 g/mol. The highest BCUT2D eigenvalue weighted by Crippen LogP contribution is 2.36. The largest absolute Gasteiger partial charge is 0.352 e. The van der Waals surface area contributed by atoms with Crippen molar-refractivity contribution in [1.29, 1.82) is 0 Å². The van der Waals surface area contributed by atoms with Crippen LogP contribution in [0.2, 0.25) is 0 Å². The second-order valence-electron chi connectivity index (χ2n) is 9.07. The number of hydrogen-bond donors (Lipinski definition) is 2. The summed E-state index contributed by atoms with van der Waals surface area (Å²) in [6, 6.07) is 7.17. The summed E-state index contributed by atoms with van der Waals surface area (Å²) in [7, 11) is -1.78. The summed E-state index contributed by atoms with van der Waals surface area (Å²) in [6.07, 6.45) is 5.31. The van der Waals surface area contributed by atoms with E-state index < -0.39 is 15.6 Å². The summed E-state index contributed by atoms with van der Waals surface area (Å²) in [5.74, 6) is 2.41. The van der Waals surface area contributed by atoms with Crippen molar-refractivity contribution in [2.75, 3.05) is 20.1 Å². The first-order valence-electron chi connectivity index (χ1n) is 10.3. The molecule has 1 aliphatic carbocycles. The van der Waals surface area contributed by atoms with Gasteiger partial charge in [-0.15, -0.1) is 0 Å². The number of likely N-dealkylation sites (tertiary alicyclic amines) is 1. The summed E-state index contributed by atoms with van der Waals surface area (Å²) < 4.78 is 28.4. The van der Waals surface area contributed by atoms with Gasteiger partial charge in [-0.05, 0) is 57.1 Å². The highest BCUT2D eigenvalue weighted by atomic mass is 32.2. The van der Waals surface area contributed by atoms with Gasteiger partial charge in [0.1, 0.15) is 0 Å². The van der Waals surface area contributed by atoms with Crippen molar-refractivity contribution in [2.45, 2.75) is 63.4 Å². The minimum atomic E-state index is -3.58. The predicted molar refractivity (Wildman–Crippen MR) is 114 cm³/mol. The van der Waals surface area contributed by atoms with Crippen molar-refractivity contribution in [2.24, 2.45) is 16.8 Å². The summed E-state index contributed by atoms with van der Waals surface area (Å²) in [4.78, 5) is 7.12. The lowest BCUT2D eigenvalue weighted by Crippen LogP contribution is -2.42. The Balaban J connectivity index is 1.70. The van der Waals surface area contributed by atoms with Crippen LogP contribution >= 0.6 is 0 Å². The first-order valence-corrected chi connectivity index (χ1v) is 11.8. The molecule has 1 aromatic carbocycles. The van der Waals surface area contributed by atoms with Gasteiger partial charge in [0, 0.05) is 32.2 Å². The number of nitrogens with one attached hydrogen (secondary N) is 2. The van der Waals surface area contributed by atoms with Crippen LogP contribution < -0.4 is 10.0 Å². The van der Waals surface area contributed by atoms with Crippen LogP contribution in [-0.2, 0) is 16.6 Å². The van der Waals surface area contributed by atoms with Gasteiger partial charge >= 0.3 is 0 Å². The van der Waals surface area contributed by atoms with Crippen molar-refractivity contribution in [1.82, 2.24) is 14.9 Å². The molecule has 0 amide bonds. The molecule has 6 nitrogen and oxygen atoms in total. The lowest BCUT2D eigenvalue weighted by atomic mass is 9.82. The van der Waals surface area contributed by atoms with Crippen LogP contribution in [0.5, 0.6) is 0 Å². The standard InChI is InChI=1S/C21H34N4O2S/c1-21(2,3)24-28(26,27)19-12-8-7-9-16(19)13-23-20(22-4)25-14-17-10-5-6-11-18(17)15-25/h7-9,12,17-18,24H,5-6,10-11,13-15H2,1-4H3,(H,22,23). The second-order valence-corrected chi connectivity index (χ2v) is 10.7. The Morgan fingerprint density at radius 2 is 1.75 bits per heavy atom. The molecule has 2 fully saturated rings. The SMILES string of the molecule is CN=C(NCc1ccccc1S(=O)(=O)NC(C)(C)C)N1CC2CCCCC2C1. The molecule has 2 unspecified atom stereocenters. The molecule has 1 saturated carbocycles. The molecule has 3 rings (SSSR count). The Hall–Kier alpha value is -1.60. The van der Waals surface area contributed by atoms with Crippen molar-refractivity contribution in [3.8, 4) is 0 Å². The molecule has 0 radical (unpaired) electrons. The smallest absolute Gasteiger partial charge is 0.241 e. The maximum Gasteiger partial charge on any atom is 0.241 e. The van der Waals surface area contributed by atoms with Gasteiger partial charge in [0.2, 0.25) is 10.0 Å². The maximum atomic E-state index is 12.8. The lowest BCUT2D eigenvalue weighted by molar-refractivity contribution is 0.299. The fraction of sp³-hybridized carbons (Fsp3) is 0.667. The Morgan fingerprint density at radius 3 is 2.32 bits per heavy atom. The van der Waals surface area contributed by atoms with Crippen LogP contribution in [0.4, 0.5) is 0 Å². The van der Waals surface area contributed by atoms with Gasteiger partial charge < -0.3 is 10.2 Å². The summed E-state index contributed by atoms with van der Waals surface area (Å²) in [5, 5.41) is 3.40. The van der Waals surface area contributed by atoms with E-state index in [1.165, 1.54) is 25.7 Å². The van der Waals surface area contributed by atoms with E-state index in [1.807, 2.05) is 32.9 Å². The number of fused-ring (bicyclic) bond motifs is 1. The third-order valence-electron chi connectivity index (χ3n) is 5.63. The molecule has 0 spiro atoms. The van der Waals surface area contributed by atoms with Crippen LogP contribution in [0.1, 0.15) is 52.0 Å². The van der Waals surface area contributed by atoms with Gasteiger partial charge in [0.15, 0.2) is 5.96 Å². The van der Waals surface area contributed by atoms with E-state index in [4.69, 9.17) is 0 Å². The molecule has 28 heavy (non-hydrogen) atoms. The number of sulfonamides is 1. The van der Waals surface area contributed by atoms with Crippen molar-refractivity contribution >= 4 is 16.0 Å². The number of benzene rings is 1. The first kappa shape index (κ1) is 21.1. The Kier molecular flexibility index (Phi) is 6.34. The number of aliphatic imine (C=N–C) groups is 1. The third kappa shape index (κ3) is 5.06. The maximum absolute atomic E-state index is 12.8. The molecular weight excluding hydrogens is 372 g/mol. The zero-order chi connectivity index (χ0) is 20.4. The third-order valence-corrected chi connectivity index (χ3v) is 7.49. The van der Waals surface area contributed by atoms with Crippen LogP contribution in [0.3, 0.4) is 0 Å². The Labute approximate surface area is 169 Å². The lowest BCUT2D eigenvalue weighted by Gasteiger charge is -2.23. The minimum Gasteiger partial charge on any atom is -0.352 e. The van der Waals surface area contributed by atoms with E-state index in [0.29, 0.717) is 11.4 Å². The van der Waals surface area contributed by atoms with E-state index >= 15 is 0 Å². The van der Waals surface area contributed by atoms with Crippen molar-refractivity contribution in [3.63, 3.8) is 0 Å². The topological polar surface area (TPSA) is 73.8 Å². The zero-order valence-electron chi connectivity index (χ0n) is 17.5. The van der Waals surface area contributed by atoms with Gasteiger partial charge in [-0.1, -0.05) is 31.0 Å². The van der Waals surface area contributed by atoms with Gasteiger partial charge in [-0.25, -0.2) is 13.1 Å². The fourth-order valence-electron chi connectivity index (χ4n) is 4.46. The first-order chi connectivity index (χ1) is 13.2. The average Bonchev–Trinajstić information content (AvgIpc) is 3.04. The molecular formula is C21H34N4O2S. The quantitative estimate of drug-likeness (QED) is 0.596. The molecule has 156 valence electrons. The summed E-state index contributed by atoms with van der Waals surface area (Å²) >= 11 is 0. The van der Waals surface area contributed by atoms with E-state index in [0.717, 1.165) is 36.4 Å². The zero-order valence-corrected chi connectivity index (χ0v) is 18.3. The number of nitrogens with zero attached hydrogens (tertiary/aromatic N) is 2. The predicted octanol–water partition coefficient (Wildman–Crippen LogP) is 2.96. The molecule has 7 heteroatoms. The van der Waals surface area contributed by atoms with E-state index in [-0.39, 0.29) is 0 Å². The summed E-state index contributed by atoms with van der Waals surface area (Å²) in [5.41, 5.74) is 0.221. The molecule has 1 heterocycles. The Morgan fingerprint density at radius 1 is 1.14 bits per heavy atom. The van der Waals surface area contributed by atoms with Crippen molar-refractivity contribution in [3.05, 3.63) is 29.8 Å². The Bertz CT molecular complexity index is 800. The molecule has 1 aliphatic heterocycles. The van der Waals surface area contributed by atoms with Crippen LogP contribution in [-0.4, -0.2) is 45.0 Å². The highest BCUT2D eigenvalue weighted by molar-refractivity contribution is 7.89. The molecule has 1 aromatic rings. The molecule has 2 N–H and O–H groups in total. The number of guanidine groups is 1. The van der Waals surface area contributed by atoms with Gasteiger partial charge in [-0.3, -0.25) is 4.99 Å². The summed E-state index contributed by atoms with van der Waals surface area (Å²) in [6.45, 7) is 8.08. The molecule has 2 aliphatic rings. The molecule has 0 bridgehead atoms. The van der Waals surface area contributed by atoms with Crippen molar-refractivity contribution < 1.29 is 8.42 Å². The van der Waals surface area contributed by atoms with Gasteiger partial charge in [0.25, 0.3) is 0 Å². The highest BCUT2D eigenvalue weighted by Gasteiger charge is 2.35. The minimum absolute atomic E-state index is 0.322. The fourth-order valence-corrected chi connectivity index (χ4v) is 6.11. The number of hydrogen-bond acceptors (Lipinski definition) is 3. The van der Waals surface area contributed by atoms with Gasteiger partial charge in [-0.2, -0.15) is 0 Å². The second kappa shape index (κ2) is 8.41. The molecule has 2 atom stereocenters. The average molecular weight is 407 g/mol. The molecule has 0 aromatic heterocycles. The van der Waals surface area contributed by atoms with E-state index in [9.17, 15) is 8.42 Å². The normalized spacial score (nSPS) is 23.6. The van der Waals surface area contributed by atoms with E-state index in [2.05, 4.69) is 19.9 Å². The van der Waals surface area contributed by atoms with Crippen LogP contribution in [0.25, 0.3) is 0 Å². The molecule has 1 saturated heterocycles. The van der Waals surface area contributed by atoms with E-state index in [1.54, 1.807) is 19.2 Å². The number of rotatable bonds is 4. The van der Waals surface area contributed by atoms with Gasteiger partial charge in [0.05, 0.1) is 4.90 Å². The van der Waals surface area contributed by atoms with Crippen LogP contribution in [0, 0.1) is 11.8 Å². The van der Waals surface area contributed by atoms with Crippen LogP contribution in [0.15, 0.2) is 34.2 Å².